The van der Waals surface area contributed by atoms with Crippen LogP contribution in [0, 0.1) is 0 Å². The predicted octanol–water partition coefficient (Wildman–Crippen LogP) is -2.89. The van der Waals surface area contributed by atoms with E-state index in [1.165, 1.54) is 230 Å². The number of hydrogen-bond acceptors (Lipinski definition) is 36. The van der Waals surface area contributed by atoms with Gasteiger partial charge in [-0.3, -0.25) is 40.4 Å². The van der Waals surface area contributed by atoms with Gasteiger partial charge in [-0.1, -0.05) is 0 Å². The van der Waals surface area contributed by atoms with E-state index in [1.54, 1.807) is 18.9 Å². The average molecular weight is 1710 g/mol. The number of hydrogen-bond donors (Lipinski definition) is 8. The Morgan fingerprint density at radius 1 is 0.276 bits per heavy atom. The summed E-state index contributed by atoms with van der Waals surface area (Å²) in [6, 6.07) is 11.6. The SMILES string of the molecule is COc1cc(OC)nc(NC(=O)NS(=O)(=O)c2ncccc2C(=O)N(C)C)n1.COc1cc(OC)nc(NC(=O)NS(=O)(=O)c2ncccc2C(=O)N(C)C)n1.COc1cc(OC)nc(NC(=O)NS(=O)(=O)c2ncccc2C(=O)N(C)C)n1.COc1cc(OC)nc(NC(=O)NS(=O)(=O)c2ncccc2C(=O)N(C)C)n1.O.O.O.O. The lowest BCUT2D eigenvalue weighted by atomic mass is 10.2. The molecule has 632 valence electrons. The van der Waals surface area contributed by atoms with E-state index in [0.29, 0.717) is 0 Å². The van der Waals surface area contributed by atoms with E-state index < -0.39 is 108 Å². The smallest absolute Gasteiger partial charge is 0.335 e. The highest BCUT2D eigenvalue weighted by Crippen LogP contribution is 2.24. The first-order valence-corrected chi connectivity index (χ1v) is 36.5. The Balaban J connectivity index is 0.000000765. The summed E-state index contributed by atoms with van der Waals surface area (Å²) < 4.78 is 147. The Hall–Kier alpha value is -14.1. The summed E-state index contributed by atoms with van der Waals surface area (Å²) in [6.07, 6.45) is 4.76. The number of pyridine rings is 4. The number of carbonyl (C=O) groups excluding carboxylic acids is 8. The van der Waals surface area contributed by atoms with Crippen molar-refractivity contribution in [3.8, 4) is 47.0 Å². The third-order valence-corrected chi connectivity index (χ3v) is 18.0. The topological polar surface area (TPSA) is 737 Å². The van der Waals surface area contributed by atoms with Crippen LogP contribution in [0.4, 0.5) is 43.0 Å². The number of amides is 12. The molecule has 8 aromatic heterocycles. The van der Waals surface area contributed by atoms with E-state index in [2.05, 4.69) is 81.1 Å². The van der Waals surface area contributed by atoms with Crippen molar-refractivity contribution in [3.05, 3.63) is 120 Å². The van der Waals surface area contributed by atoms with Crippen molar-refractivity contribution in [2.24, 2.45) is 0 Å². The third-order valence-electron chi connectivity index (χ3n) is 12.8. The lowest BCUT2D eigenvalue weighted by Gasteiger charge is -2.14. The molecular formula is C60H80N24O28S4. The molecule has 0 saturated heterocycles. The number of sulfonamides is 4. The molecule has 0 unspecified atom stereocenters. The monoisotopic (exact) mass is 1710 g/mol. The van der Waals surface area contributed by atoms with Gasteiger partial charge in [-0.05, 0) is 48.5 Å². The number of nitrogens with one attached hydrogen (secondary N) is 8. The highest BCUT2D eigenvalue weighted by Gasteiger charge is 2.32. The molecule has 12 amide bonds. The first kappa shape index (κ1) is 99.9. The predicted molar refractivity (Wildman–Crippen MR) is 401 cm³/mol. The number of rotatable bonds is 24. The highest BCUT2D eigenvalue weighted by molar-refractivity contribution is 7.91. The Morgan fingerprint density at radius 2 is 0.422 bits per heavy atom. The summed E-state index contributed by atoms with van der Waals surface area (Å²) in [6.45, 7) is 0. The van der Waals surface area contributed by atoms with Gasteiger partial charge in [-0.2, -0.15) is 73.5 Å². The van der Waals surface area contributed by atoms with Gasteiger partial charge >= 0.3 is 24.1 Å². The van der Waals surface area contributed by atoms with Crippen molar-refractivity contribution in [3.63, 3.8) is 0 Å². The largest absolute Gasteiger partial charge is 0.481 e. The fraction of sp³-hybridized carbons (Fsp3) is 0.267. The third kappa shape index (κ3) is 28.3. The summed E-state index contributed by atoms with van der Waals surface area (Å²) in [5.41, 5.74) is -0.751. The van der Waals surface area contributed by atoms with Gasteiger partial charge in [0.2, 0.25) is 70.8 Å². The zero-order valence-electron chi connectivity index (χ0n) is 63.8. The second kappa shape index (κ2) is 44.8. The molecule has 0 fully saturated rings. The summed E-state index contributed by atoms with van der Waals surface area (Å²) in [5.74, 6) is -2.64. The lowest BCUT2D eigenvalue weighted by Crippen LogP contribution is -2.36. The van der Waals surface area contributed by atoms with Crippen LogP contribution < -0.4 is 78.1 Å². The van der Waals surface area contributed by atoms with Gasteiger partial charge in [0.1, 0.15) is 0 Å². The molecule has 0 aliphatic carbocycles. The fourth-order valence-corrected chi connectivity index (χ4v) is 12.0. The molecule has 8 heterocycles. The quantitative estimate of drug-likeness (QED) is 0.0301. The molecule has 0 radical (unpaired) electrons. The minimum absolute atomic E-state index is 0. The van der Waals surface area contributed by atoms with E-state index in [1.807, 2.05) is 0 Å². The molecule has 52 nitrogen and oxygen atoms in total. The molecule has 8 rings (SSSR count). The van der Waals surface area contributed by atoms with Crippen molar-refractivity contribution in [1.29, 1.82) is 0 Å². The van der Waals surface area contributed by atoms with Crippen LogP contribution in [-0.4, -0.2) is 296 Å². The molecule has 56 heteroatoms. The van der Waals surface area contributed by atoms with Crippen LogP contribution in [0.3, 0.4) is 0 Å². The second-order valence-corrected chi connectivity index (χ2v) is 28.0. The van der Waals surface area contributed by atoms with Crippen LogP contribution in [0.1, 0.15) is 41.4 Å². The van der Waals surface area contributed by atoms with E-state index in [0.717, 1.165) is 0 Å². The van der Waals surface area contributed by atoms with Crippen molar-refractivity contribution in [1.82, 2.24) is 98.3 Å². The maximum atomic E-state index is 12.5. The minimum atomic E-state index is -4.46. The molecule has 0 aromatic carbocycles. The van der Waals surface area contributed by atoms with E-state index in [-0.39, 0.29) is 115 Å². The molecule has 0 atom stereocenters. The average Bonchev–Trinajstić information content (AvgIpc) is 0.812. The molecule has 0 spiro atoms. The molecule has 0 bridgehead atoms. The maximum absolute atomic E-state index is 12.5. The number of urea groups is 4. The van der Waals surface area contributed by atoms with E-state index in [4.69, 9.17) is 37.9 Å². The molecular weight excluding hydrogens is 1630 g/mol. The van der Waals surface area contributed by atoms with E-state index >= 15 is 0 Å². The van der Waals surface area contributed by atoms with Gasteiger partial charge in [-0.25, -0.2) is 58.0 Å². The summed E-state index contributed by atoms with van der Waals surface area (Å²) in [5, 5.41) is 6.26. The molecule has 16 N–H and O–H groups in total. The van der Waals surface area contributed by atoms with Gasteiger partial charge in [0.05, 0.1) is 103 Å². The van der Waals surface area contributed by atoms with Gasteiger partial charge in [-0.15, -0.1) is 0 Å². The van der Waals surface area contributed by atoms with Gasteiger partial charge < -0.3 is 79.4 Å². The molecule has 8 aromatic rings. The van der Waals surface area contributed by atoms with Crippen molar-refractivity contribution < 1.29 is 132 Å². The number of nitrogens with zero attached hydrogens (tertiary/aromatic N) is 16. The number of ether oxygens (including phenoxy) is 8. The van der Waals surface area contributed by atoms with Crippen molar-refractivity contribution >= 4 is 112 Å². The normalized spacial score (nSPS) is 10.3. The lowest BCUT2D eigenvalue weighted by molar-refractivity contribution is 0.0816. The first-order chi connectivity index (χ1) is 52.7. The highest BCUT2D eigenvalue weighted by atomic mass is 32.2. The van der Waals surface area contributed by atoms with Crippen LogP contribution in [0.5, 0.6) is 47.0 Å². The molecule has 0 aliphatic heterocycles. The van der Waals surface area contributed by atoms with Gasteiger partial charge in [0, 0.05) is 81.2 Å². The Morgan fingerprint density at radius 3 is 0.552 bits per heavy atom. The van der Waals surface area contributed by atoms with Crippen LogP contribution in [0.25, 0.3) is 0 Å². The first-order valence-electron chi connectivity index (χ1n) is 30.6. The number of anilines is 4. The Kier molecular flexibility index (Phi) is 38.6. The summed E-state index contributed by atoms with van der Waals surface area (Å²) in [7, 11) is 4.61. The molecule has 0 saturated carbocycles. The number of methoxy groups -OCH3 is 8. The van der Waals surface area contributed by atoms with Crippen LogP contribution in [0.2, 0.25) is 0 Å². The zero-order valence-corrected chi connectivity index (χ0v) is 67.1. The standard InChI is InChI=1S/4C15H18N6O6S.4H2O/c4*1-21(2)13(22)9-6-5-7-16-12(9)28(24,25)20-15(23)19-14-17-10(26-3)8-11(18-14)27-4;;;;/h4*5-8H,1-4H3,(H2,17,18,19,20,23);4*1H2. The van der Waals surface area contributed by atoms with E-state index in [9.17, 15) is 72.0 Å². The van der Waals surface area contributed by atoms with Crippen LogP contribution >= 0.6 is 0 Å². The molecule has 0 aliphatic rings. The number of carbonyl (C=O) groups is 8. The summed E-state index contributed by atoms with van der Waals surface area (Å²) in [4.78, 5) is 148. The van der Waals surface area contributed by atoms with Crippen molar-refractivity contribution in [2.45, 2.75) is 20.1 Å². The van der Waals surface area contributed by atoms with Crippen LogP contribution in [-0.2, 0) is 40.1 Å². The zero-order chi connectivity index (χ0) is 83.6. The van der Waals surface area contributed by atoms with Crippen molar-refractivity contribution in [2.75, 3.05) is 135 Å². The summed E-state index contributed by atoms with van der Waals surface area (Å²) >= 11 is 0. The number of aromatic nitrogens is 12. The second-order valence-electron chi connectivity index (χ2n) is 21.6. The minimum Gasteiger partial charge on any atom is -0.481 e. The Bertz CT molecular complexity index is 4540. The maximum Gasteiger partial charge on any atom is 0.335 e. The van der Waals surface area contributed by atoms with Gasteiger partial charge in [0.15, 0.2) is 20.1 Å². The Labute approximate surface area is 660 Å². The fourth-order valence-electron chi connectivity index (χ4n) is 7.90. The molecule has 116 heavy (non-hydrogen) atoms. The van der Waals surface area contributed by atoms with Gasteiger partial charge in [0.25, 0.3) is 63.7 Å². The van der Waals surface area contributed by atoms with Crippen LogP contribution in [0.15, 0.2) is 118 Å².